The van der Waals surface area contributed by atoms with Gasteiger partial charge in [0.1, 0.15) is 0 Å². The topological polar surface area (TPSA) is 29.1 Å². The Balaban J connectivity index is 2.31. The summed E-state index contributed by atoms with van der Waals surface area (Å²) in [5, 5.41) is 2.92. The van der Waals surface area contributed by atoms with Gasteiger partial charge in [-0.1, -0.05) is 41.9 Å². The first kappa shape index (κ1) is 13.2. The molecule has 16 heavy (non-hydrogen) atoms. The Morgan fingerprint density at radius 3 is 2.81 bits per heavy atom. The van der Waals surface area contributed by atoms with Crippen molar-refractivity contribution in [1.29, 1.82) is 0 Å². The van der Waals surface area contributed by atoms with Crippen LogP contribution in [0.1, 0.15) is 25.8 Å². The second-order valence-corrected chi connectivity index (χ2v) is 5.24. The van der Waals surface area contributed by atoms with Crippen LogP contribution in [0.2, 0.25) is 0 Å². The van der Waals surface area contributed by atoms with Gasteiger partial charge in [-0.3, -0.25) is 4.79 Å². The summed E-state index contributed by atoms with van der Waals surface area (Å²) in [7, 11) is 0. The van der Waals surface area contributed by atoms with Crippen molar-refractivity contribution in [2.75, 3.05) is 6.54 Å². The smallest absolute Gasteiger partial charge is 0.220 e. The Kier molecular flexibility index (Phi) is 5.53. The van der Waals surface area contributed by atoms with Gasteiger partial charge in [-0.15, -0.1) is 0 Å². The molecule has 1 rings (SSSR count). The number of carbonyl (C=O) groups is 1. The van der Waals surface area contributed by atoms with E-state index in [0.29, 0.717) is 12.3 Å². The van der Waals surface area contributed by atoms with Gasteiger partial charge in [-0.2, -0.15) is 0 Å². The van der Waals surface area contributed by atoms with E-state index in [0.717, 1.165) is 17.4 Å². The molecule has 0 aromatic heterocycles. The van der Waals surface area contributed by atoms with Gasteiger partial charge < -0.3 is 5.32 Å². The fourth-order valence-corrected chi connectivity index (χ4v) is 1.80. The highest BCUT2D eigenvalue weighted by molar-refractivity contribution is 9.10. The van der Waals surface area contributed by atoms with Crippen molar-refractivity contribution < 1.29 is 4.79 Å². The van der Waals surface area contributed by atoms with Crippen LogP contribution in [0.5, 0.6) is 0 Å². The molecule has 0 spiro atoms. The van der Waals surface area contributed by atoms with Crippen molar-refractivity contribution in [2.24, 2.45) is 5.92 Å². The zero-order valence-corrected chi connectivity index (χ0v) is 11.4. The van der Waals surface area contributed by atoms with Gasteiger partial charge in [0.05, 0.1) is 0 Å². The molecule has 1 amide bonds. The van der Waals surface area contributed by atoms with Crippen LogP contribution < -0.4 is 5.32 Å². The molecule has 0 bridgehead atoms. The number of nitrogens with one attached hydrogen (secondary N) is 1. The molecule has 0 unspecified atom stereocenters. The average molecular weight is 284 g/mol. The van der Waals surface area contributed by atoms with E-state index in [9.17, 15) is 4.79 Å². The van der Waals surface area contributed by atoms with Gasteiger partial charge >= 0.3 is 0 Å². The summed E-state index contributed by atoms with van der Waals surface area (Å²) in [5.41, 5.74) is 1.19. The maximum atomic E-state index is 11.5. The van der Waals surface area contributed by atoms with Gasteiger partial charge in [-0.25, -0.2) is 0 Å². The second kappa shape index (κ2) is 6.69. The van der Waals surface area contributed by atoms with Crippen LogP contribution in [0.25, 0.3) is 0 Å². The minimum absolute atomic E-state index is 0.133. The minimum atomic E-state index is 0.133. The zero-order valence-electron chi connectivity index (χ0n) is 9.79. The highest BCUT2D eigenvalue weighted by Gasteiger charge is 2.03. The molecule has 2 nitrogen and oxygen atoms in total. The first-order valence-corrected chi connectivity index (χ1v) is 6.38. The quantitative estimate of drug-likeness (QED) is 0.884. The lowest BCUT2D eigenvalue weighted by Crippen LogP contribution is -2.27. The first-order valence-electron chi connectivity index (χ1n) is 5.59. The van der Waals surface area contributed by atoms with E-state index in [-0.39, 0.29) is 5.91 Å². The highest BCUT2D eigenvalue weighted by Crippen LogP contribution is 2.12. The molecule has 0 atom stereocenters. The average Bonchev–Trinajstić information content (AvgIpc) is 2.23. The predicted octanol–water partition coefficient (Wildman–Crippen LogP) is 3.15. The fourth-order valence-electron chi connectivity index (χ4n) is 1.36. The standard InChI is InChI=1S/C13H18BrNO/c1-10(2)9-15-13(16)7-6-11-4-3-5-12(14)8-11/h3-5,8,10H,6-7,9H2,1-2H3,(H,15,16). The van der Waals surface area contributed by atoms with Crippen molar-refractivity contribution in [3.8, 4) is 0 Å². The number of aryl methyl sites for hydroxylation is 1. The van der Waals surface area contributed by atoms with Crippen molar-refractivity contribution in [3.63, 3.8) is 0 Å². The number of carbonyl (C=O) groups excluding carboxylic acids is 1. The maximum absolute atomic E-state index is 11.5. The van der Waals surface area contributed by atoms with E-state index in [2.05, 4.69) is 41.2 Å². The lowest BCUT2D eigenvalue weighted by atomic mass is 10.1. The van der Waals surface area contributed by atoms with Gasteiger partial charge in [0.2, 0.25) is 5.91 Å². The third-order valence-corrected chi connectivity index (χ3v) is 2.73. The molecule has 0 aliphatic heterocycles. The Morgan fingerprint density at radius 1 is 1.44 bits per heavy atom. The van der Waals surface area contributed by atoms with E-state index >= 15 is 0 Å². The normalized spacial score (nSPS) is 10.5. The second-order valence-electron chi connectivity index (χ2n) is 4.33. The Morgan fingerprint density at radius 2 is 2.19 bits per heavy atom. The first-order chi connectivity index (χ1) is 7.58. The summed E-state index contributed by atoms with van der Waals surface area (Å²) < 4.78 is 1.06. The van der Waals surface area contributed by atoms with Crippen LogP contribution in [-0.4, -0.2) is 12.5 Å². The molecular formula is C13H18BrNO. The van der Waals surface area contributed by atoms with E-state index in [1.54, 1.807) is 0 Å². The molecule has 0 fully saturated rings. The lowest BCUT2D eigenvalue weighted by molar-refractivity contribution is -0.121. The van der Waals surface area contributed by atoms with Crippen molar-refractivity contribution in [2.45, 2.75) is 26.7 Å². The molecule has 1 aromatic rings. The van der Waals surface area contributed by atoms with Crippen molar-refractivity contribution in [1.82, 2.24) is 5.32 Å². The monoisotopic (exact) mass is 283 g/mol. The summed E-state index contributed by atoms with van der Waals surface area (Å²) in [4.78, 5) is 11.5. The molecule has 0 saturated carbocycles. The fraction of sp³-hybridized carbons (Fsp3) is 0.462. The van der Waals surface area contributed by atoms with Crippen LogP contribution in [0.4, 0.5) is 0 Å². The zero-order chi connectivity index (χ0) is 12.0. The Bertz CT molecular complexity index is 350. The molecule has 1 aromatic carbocycles. The van der Waals surface area contributed by atoms with E-state index < -0.39 is 0 Å². The minimum Gasteiger partial charge on any atom is -0.356 e. The van der Waals surface area contributed by atoms with Gasteiger partial charge in [0, 0.05) is 17.4 Å². The van der Waals surface area contributed by atoms with Crippen LogP contribution in [0, 0.1) is 5.92 Å². The Labute approximate surface area is 106 Å². The predicted molar refractivity (Wildman–Crippen MR) is 70.3 cm³/mol. The molecule has 0 aliphatic carbocycles. The molecule has 0 saturated heterocycles. The van der Waals surface area contributed by atoms with Crippen molar-refractivity contribution in [3.05, 3.63) is 34.3 Å². The van der Waals surface area contributed by atoms with Gasteiger partial charge in [0.15, 0.2) is 0 Å². The van der Waals surface area contributed by atoms with Gasteiger partial charge in [-0.05, 0) is 30.0 Å². The molecule has 1 N–H and O–H groups in total. The van der Waals surface area contributed by atoms with Crippen LogP contribution in [0.15, 0.2) is 28.7 Å². The van der Waals surface area contributed by atoms with Crippen LogP contribution >= 0.6 is 15.9 Å². The molecule has 0 aliphatic rings. The molecule has 88 valence electrons. The molecule has 0 radical (unpaired) electrons. The van der Waals surface area contributed by atoms with E-state index in [1.807, 2.05) is 18.2 Å². The van der Waals surface area contributed by atoms with Crippen LogP contribution in [0.3, 0.4) is 0 Å². The summed E-state index contributed by atoms with van der Waals surface area (Å²) in [5.74, 6) is 0.642. The number of benzene rings is 1. The number of amides is 1. The number of hydrogen-bond acceptors (Lipinski definition) is 1. The summed E-state index contributed by atoms with van der Waals surface area (Å²) in [6.07, 6.45) is 1.35. The summed E-state index contributed by atoms with van der Waals surface area (Å²) in [6.45, 7) is 4.94. The highest BCUT2D eigenvalue weighted by atomic mass is 79.9. The Hall–Kier alpha value is -0.830. The van der Waals surface area contributed by atoms with Gasteiger partial charge in [0.25, 0.3) is 0 Å². The SMILES string of the molecule is CC(C)CNC(=O)CCc1cccc(Br)c1. The van der Waals surface area contributed by atoms with E-state index in [1.165, 1.54) is 5.56 Å². The lowest BCUT2D eigenvalue weighted by Gasteiger charge is -2.07. The van der Waals surface area contributed by atoms with Crippen LogP contribution in [-0.2, 0) is 11.2 Å². The summed E-state index contributed by atoms with van der Waals surface area (Å²) >= 11 is 3.42. The molecular weight excluding hydrogens is 266 g/mol. The number of halogens is 1. The van der Waals surface area contributed by atoms with Crippen molar-refractivity contribution >= 4 is 21.8 Å². The third kappa shape index (κ3) is 5.31. The van der Waals surface area contributed by atoms with E-state index in [4.69, 9.17) is 0 Å². The molecule has 0 heterocycles. The summed E-state index contributed by atoms with van der Waals surface area (Å²) in [6, 6.07) is 8.07. The third-order valence-electron chi connectivity index (χ3n) is 2.24. The number of rotatable bonds is 5. The molecule has 3 heteroatoms. The number of hydrogen-bond donors (Lipinski definition) is 1. The maximum Gasteiger partial charge on any atom is 0.220 e. The largest absolute Gasteiger partial charge is 0.356 e.